The zero-order chi connectivity index (χ0) is 23.1. The van der Waals surface area contributed by atoms with Crippen LogP contribution in [0.15, 0.2) is 48.8 Å². The van der Waals surface area contributed by atoms with Crippen LogP contribution in [0.3, 0.4) is 0 Å². The number of pyridine rings is 2. The van der Waals surface area contributed by atoms with Crippen molar-refractivity contribution in [1.29, 1.82) is 0 Å². The number of unbranched alkanes of at least 4 members (excludes halogenated alkanes) is 1. The number of nitro groups is 1. The molecule has 7 nitrogen and oxygen atoms in total. The Kier molecular flexibility index (Phi) is 7.62. The maximum absolute atomic E-state index is 14.3. The average molecular weight is 437 g/mol. The van der Waals surface area contributed by atoms with Crippen LogP contribution in [-0.2, 0) is 6.61 Å². The molecule has 0 aliphatic rings. The number of hydrogen-bond donors (Lipinski definition) is 1. The van der Waals surface area contributed by atoms with Gasteiger partial charge in [0.05, 0.1) is 29.0 Å². The van der Waals surface area contributed by atoms with Gasteiger partial charge in [-0.3, -0.25) is 20.1 Å². The largest absolute Gasteiger partial charge is 0.454 e. The summed E-state index contributed by atoms with van der Waals surface area (Å²) in [4.78, 5) is 19.1. The van der Waals surface area contributed by atoms with Crippen molar-refractivity contribution >= 4 is 17.3 Å². The Morgan fingerprint density at radius 2 is 2.03 bits per heavy atom. The van der Waals surface area contributed by atoms with Crippen LogP contribution in [0, 0.1) is 22.9 Å². The Morgan fingerprint density at radius 3 is 2.66 bits per heavy atom. The fourth-order valence-electron chi connectivity index (χ4n) is 3.11. The third-order valence-electron chi connectivity index (χ3n) is 4.99. The maximum Gasteiger partial charge on any atom is 0.272 e. The molecule has 0 unspecified atom stereocenters. The Hall–Kier alpha value is -3.65. The zero-order valence-corrected chi connectivity index (χ0v) is 17.9. The Balaban J connectivity index is 1.94. The Bertz CT molecular complexity index is 1130. The molecule has 0 atom stereocenters. The van der Waals surface area contributed by atoms with Crippen LogP contribution in [-0.4, -0.2) is 20.0 Å². The van der Waals surface area contributed by atoms with Gasteiger partial charge in [-0.2, -0.15) is 0 Å². The van der Waals surface area contributed by atoms with Crippen molar-refractivity contribution in [2.45, 2.75) is 39.7 Å². The first kappa shape index (κ1) is 23.0. The lowest BCUT2D eigenvalue weighted by Crippen LogP contribution is -1.97. The summed E-state index contributed by atoms with van der Waals surface area (Å²) < 4.78 is 20.0. The highest BCUT2D eigenvalue weighted by Crippen LogP contribution is 2.32. The first-order chi connectivity index (χ1) is 15.4. The summed E-state index contributed by atoms with van der Waals surface area (Å²) in [6, 6.07) is 8.58. The van der Waals surface area contributed by atoms with E-state index in [1.165, 1.54) is 12.1 Å². The molecule has 32 heavy (non-hydrogen) atoms. The van der Waals surface area contributed by atoms with Crippen molar-refractivity contribution in [2.75, 3.05) is 0 Å². The molecule has 0 aliphatic heterocycles. The fourth-order valence-corrected chi connectivity index (χ4v) is 3.11. The molecule has 0 saturated heterocycles. The van der Waals surface area contributed by atoms with E-state index in [1.807, 2.05) is 25.1 Å². The second-order valence-corrected chi connectivity index (χ2v) is 7.28. The topological polar surface area (TPSA) is 98.4 Å². The minimum Gasteiger partial charge on any atom is -0.454 e. The molecule has 0 bridgehead atoms. The van der Waals surface area contributed by atoms with Crippen LogP contribution in [0.2, 0.25) is 0 Å². The highest BCUT2D eigenvalue weighted by molar-refractivity contribution is 5.80. The average Bonchev–Trinajstić information content (AvgIpc) is 2.80. The van der Waals surface area contributed by atoms with Crippen molar-refractivity contribution in [3.8, 4) is 11.5 Å². The first-order valence-electron chi connectivity index (χ1n) is 10.3. The lowest BCUT2D eigenvalue weighted by Gasteiger charge is -2.12. The maximum atomic E-state index is 14.3. The van der Waals surface area contributed by atoms with Crippen LogP contribution in [0.5, 0.6) is 11.5 Å². The smallest absolute Gasteiger partial charge is 0.272 e. The number of nitrogens with zero attached hydrogens (tertiary/aromatic N) is 3. The molecule has 0 spiro atoms. The van der Waals surface area contributed by atoms with Crippen molar-refractivity contribution in [1.82, 2.24) is 9.97 Å². The normalized spacial score (nSPS) is 11.4. The number of allylic oxidation sites excluding steroid dienone is 1. The Morgan fingerprint density at radius 1 is 1.22 bits per heavy atom. The molecule has 1 N–H and O–H groups in total. The van der Waals surface area contributed by atoms with E-state index in [9.17, 15) is 19.6 Å². The van der Waals surface area contributed by atoms with E-state index in [0.29, 0.717) is 17.0 Å². The molecule has 2 aromatic heterocycles. The van der Waals surface area contributed by atoms with Crippen molar-refractivity contribution in [3.05, 3.63) is 87.2 Å². The number of aliphatic hydroxyl groups excluding tert-OH is 1. The summed E-state index contributed by atoms with van der Waals surface area (Å²) >= 11 is 0. The number of ether oxygens (including phenoxy) is 1. The lowest BCUT2D eigenvalue weighted by atomic mass is 10.0. The van der Waals surface area contributed by atoms with Gasteiger partial charge in [-0.15, -0.1) is 0 Å². The number of rotatable bonds is 9. The summed E-state index contributed by atoms with van der Waals surface area (Å²) in [5.74, 6) is -0.519. The van der Waals surface area contributed by atoms with Crippen LogP contribution in [0.25, 0.3) is 11.6 Å². The van der Waals surface area contributed by atoms with E-state index in [4.69, 9.17) is 4.74 Å². The number of benzene rings is 1. The van der Waals surface area contributed by atoms with Gasteiger partial charge in [-0.1, -0.05) is 19.4 Å². The molecule has 0 aliphatic carbocycles. The minimum absolute atomic E-state index is 0.0689. The number of nitro benzene ring substituents is 1. The van der Waals surface area contributed by atoms with Crippen LogP contribution in [0.1, 0.15) is 48.7 Å². The van der Waals surface area contributed by atoms with Gasteiger partial charge in [0.2, 0.25) is 0 Å². The van der Waals surface area contributed by atoms with Gasteiger partial charge in [0.25, 0.3) is 5.69 Å². The molecule has 166 valence electrons. The minimum atomic E-state index is -0.815. The number of aromatic nitrogens is 2. The molecule has 2 heterocycles. The van der Waals surface area contributed by atoms with E-state index in [2.05, 4.69) is 16.9 Å². The summed E-state index contributed by atoms with van der Waals surface area (Å²) in [6.07, 6.45) is 7.93. The monoisotopic (exact) mass is 437 g/mol. The SMILES string of the molecule is CCCC/C(=C\c1nccc(Oc2ccc([N+](=O)[O-])cc2F)c1C)c1ccc(CO)cn1. The number of non-ortho nitro benzene ring substituents is 1. The first-order valence-corrected chi connectivity index (χ1v) is 10.3. The van der Waals surface area contributed by atoms with Gasteiger partial charge in [0.15, 0.2) is 11.6 Å². The van der Waals surface area contributed by atoms with Gasteiger partial charge < -0.3 is 9.84 Å². The van der Waals surface area contributed by atoms with Gasteiger partial charge in [0.1, 0.15) is 5.75 Å². The highest BCUT2D eigenvalue weighted by atomic mass is 19.1. The quantitative estimate of drug-likeness (QED) is 0.333. The van der Waals surface area contributed by atoms with Crippen molar-refractivity contribution in [2.24, 2.45) is 0 Å². The van der Waals surface area contributed by atoms with Gasteiger partial charge >= 0.3 is 0 Å². The van der Waals surface area contributed by atoms with E-state index < -0.39 is 10.7 Å². The van der Waals surface area contributed by atoms with Gasteiger partial charge in [0, 0.05) is 24.0 Å². The molecule has 1 aromatic carbocycles. The third-order valence-corrected chi connectivity index (χ3v) is 4.99. The molecule has 0 amide bonds. The fraction of sp³-hybridized carbons (Fsp3) is 0.250. The second kappa shape index (κ2) is 10.6. The lowest BCUT2D eigenvalue weighted by molar-refractivity contribution is -0.385. The number of halogens is 1. The van der Waals surface area contributed by atoms with Gasteiger partial charge in [-0.05, 0) is 55.2 Å². The van der Waals surface area contributed by atoms with E-state index in [1.54, 1.807) is 18.5 Å². The standard InChI is InChI=1S/C24H24FN3O4/c1-3-4-5-18(21-8-6-17(15-29)14-27-21)12-22-16(2)23(10-11-26-22)32-24-9-7-19(28(30)31)13-20(24)25/h6-14,29H,3-5,15H2,1-2H3/b18-12+. The summed E-state index contributed by atoms with van der Waals surface area (Å²) in [6.45, 7) is 3.86. The van der Waals surface area contributed by atoms with E-state index in [-0.39, 0.29) is 18.0 Å². The highest BCUT2D eigenvalue weighted by Gasteiger charge is 2.15. The van der Waals surface area contributed by atoms with Crippen LogP contribution < -0.4 is 4.74 Å². The molecular formula is C24H24FN3O4. The predicted molar refractivity (Wildman–Crippen MR) is 120 cm³/mol. The summed E-state index contributed by atoms with van der Waals surface area (Å²) in [7, 11) is 0. The molecule has 3 aromatic rings. The summed E-state index contributed by atoms with van der Waals surface area (Å²) in [5, 5.41) is 20.1. The summed E-state index contributed by atoms with van der Waals surface area (Å²) in [5.41, 5.74) is 3.54. The van der Waals surface area contributed by atoms with Crippen molar-refractivity contribution in [3.63, 3.8) is 0 Å². The Labute approximate surface area is 185 Å². The molecule has 0 radical (unpaired) electrons. The zero-order valence-electron chi connectivity index (χ0n) is 17.9. The van der Waals surface area contributed by atoms with Crippen LogP contribution >= 0.6 is 0 Å². The molecule has 8 heteroatoms. The molecular weight excluding hydrogens is 413 g/mol. The molecule has 0 fully saturated rings. The molecule has 3 rings (SSSR count). The van der Waals surface area contributed by atoms with Gasteiger partial charge in [-0.25, -0.2) is 4.39 Å². The number of aliphatic hydroxyl groups is 1. The van der Waals surface area contributed by atoms with Crippen LogP contribution in [0.4, 0.5) is 10.1 Å². The van der Waals surface area contributed by atoms with E-state index in [0.717, 1.165) is 42.2 Å². The van der Waals surface area contributed by atoms with E-state index >= 15 is 0 Å². The van der Waals surface area contributed by atoms with Crippen molar-refractivity contribution < 1.29 is 19.2 Å². The third kappa shape index (κ3) is 5.53. The predicted octanol–water partition coefficient (Wildman–Crippen LogP) is 5.85. The second-order valence-electron chi connectivity index (χ2n) is 7.28. The number of hydrogen-bond acceptors (Lipinski definition) is 6. The molecule has 0 saturated carbocycles.